The molecule has 4 rings (SSSR count). The van der Waals surface area contributed by atoms with Gasteiger partial charge in [0, 0.05) is 17.5 Å². The fourth-order valence-corrected chi connectivity index (χ4v) is 4.14. The summed E-state index contributed by atoms with van der Waals surface area (Å²) >= 11 is 12.6. The zero-order chi connectivity index (χ0) is 22.6. The summed E-state index contributed by atoms with van der Waals surface area (Å²) in [6.45, 7) is 10.1. The lowest BCUT2D eigenvalue weighted by atomic mass is 9.97. The van der Waals surface area contributed by atoms with Crippen molar-refractivity contribution in [3.8, 4) is 5.75 Å². The van der Waals surface area contributed by atoms with Crippen LogP contribution in [-0.4, -0.2) is 27.0 Å². The Morgan fingerprint density at radius 3 is 2.61 bits per heavy atom. The topological polar surface area (TPSA) is 79.0 Å². The number of anilines is 2. The number of aromatic nitrogens is 2. The van der Waals surface area contributed by atoms with E-state index in [1.165, 1.54) is 0 Å². The Kier molecular flexibility index (Phi) is 5.34. The van der Waals surface area contributed by atoms with Crippen LogP contribution in [0, 0.1) is 0 Å². The van der Waals surface area contributed by atoms with Gasteiger partial charge in [-0.25, -0.2) is 4.98 Å². The van der Waals surface area contributed by atoms with Crippen molar-refractivity contribution in [1.82, 2.24) is 15.3 Å². The third-order valence-corrected chi connectivity index (χ3v) is 6.22. The van der Waals surface area contributed by atoms with Gasteiger partial charge in [0.05, 0.1) is 32.3 Å². The van der Waals surface area contributed by atoms with E-state index in [9.17, 15) is 4.79 Å². The summed E-state index contributed by atoms with van der Waals surface area (Å²) in [4.78, 5) is 21.1. The van der Waals surface area contributed by atoms with Gasteiger partial charge >= 0.3 is 0 Å². The van der Waals surface area contributed by atoms with Gasteiger partial charge in [-0.3, -0.25) is 4.79 Å². The van der Waals surface area contributed by atoms with Crippen LogP contribution in [0.5, 0.6) is 5.75 Å². The van der Waals surface area contributed by atoms with Crippen molar-refractivity contribution in [2.75, 3.05) is 5.32 Å². The smallest absolute Gasteiger partial charge is 0.255 e. The molecule has 2 heterocycles. The minimum absolute atomic E-state index is 0.166. The number of rotatable bonds is 5. The largest absolute Gasteiger partial charge is 0.486 e. The van der Waals surface area contributed by atoms with E-state index in [1.807, 2.05) is 34.6 Å². The van der Waals surface area contributed by atoms with Crippen molar-refractivity contribution in [1.29, 1.82) is 0 Å². The van der Waals surface area contributed by atoms with Crippen LogP contribution < -0.4 is 15.4 Å². The van der Waals surface area contributed by atoms with Gasteiger partial charge in [0.15, 0.2) is 0 Å². The number of carbonyl (C=O) groups excluding carboxylic acids is 1. The molecule has 3 N–H and O–H groups in total. The second-order valence-electron chi connectivity index (χ2n) is 9.17. The lowest BCUT2D eigenvalue weighted by Crippen LogP contribution is -2.42. The Balaban J connectivity index is 1.80. The van der Waals surface area contributed by atoms with E-state index >= 15 is 0 Å². The Labute approximate surface area is 191 Å². The van der Waals surface area contributed by atoms with Gasteiger partial charge in [-0.1, -0.05) is 36.2 Å². The van der Waals surface area contributed by atoms with Crippen LogP contribution in [0.25, 0.3) is 11.0 Å². The monoisotopic (exact) mass is 460 g/mol. The lowest BCUT2D eigenvalue weighted by Gasteiger charge is -2.25. The molecule has 1 aromatic heterocycles. The maximum absolute atomic E-state index is 13.1. The number of hydrogen-bond acceptors (Lipinski definition) is 4. The number of aromatic amines is 1. The Hall–Kier alpha value is -2.44. The number of ether oxygens (including phenoxy) is 1. The maximum atomic E-state index is 13.1. The predicted molar refractivity (Wildman–Crippen MR) is 126 cm³/mol. The van der Waals surface area contributed by atoms with E-state index in [0.717, 1.165) is 23.0 Å². The highest BCUT2D eigenvalue weighted by Gasteiger charge is 2.37. The normalized spacial score (nSPS) is 14.9. The fourth-order valence-electron chi connectivity index (χ4n) is 3.65. The molecule has 0 unspecified atom stereocenters. The van der Waals surface area contributed by atoms with Gasteiger partial charge < -0.3 is 20.4 Å². The number of imidazole rings is 1. The molecule has 0 bridgehead atoms. The van der Waals surface area contributed by atoms with Gasteiger partial charge in [0.25, 0.3) is 5.91 Å². The molecule has 31 heavy (non-hydrogen) atoms. The molecule has 2 aromatic carbocycles. The molecule has 3 aromatic rings. The molecule has 8 heteroatoms. The average molecular weight is 461 g/mol. The van der Waals surface area contributed by atoms with E-state index < -0.39 is 5.60 Å². The zero-order valence-corrected chi connectivity index (χ0v) is 19.8. The molecule has 0 fully saturated rings. The Morgan fingerprint density at radius 1 is 1.29 bits per heavy atom. The summed E-state index contributed by atoms with van der Waals surface area (Å²) in [6, 6.07) is 7.08. The minimum atomic E-state index is -0.426. The summed E-state index contributed by atoms with van der Waals surface area (Å²) in [5, 5.41) is 7.25. The molecular formula is C23H26Cl2N4O2. The molecule has 0 spiro atoms. The zero-order valence-electron chi connectivity index (χ0n) is 18.2. The number of amides is 1. The Bertz CT molecular complexity index is 1160. The van der Waals surface area contributed by atoms with E-state index in [-0.39, 0.29) is 11.4 Å². The molecule has 164 valence electrons. The molecule has 1 amide bonds. The number of halogens is 2. The van der Waals surface area contributed by atoms with Crippen LogP contribution in [0.3, 0.4) is 0 Å². The highest BCUT2D eigenvalue weighted by molar-refractivity contribution is 6.39. The molecule has 1 aliphatic rings. The first-order chi connectivity index (χ1) is 14.5. The number of fused-ring (bicyclic) bond motifs is 3. The van der Waals surface area contributed by atoms with Gasteiger partial charge in [0.2, 0.25) is 5.95 Å². The molecule has 0 atom stereocenters. The molecule has 1 aliphatic heterocycles. The van der Waals surface area contributed by atoms with Crippen LogP contribution in [0.2, 0.25) is 10.0 Å². The minimum Gasteiger partial charge on any atom is -0.486 e. The number of hydrogen-bond donors (Lipinski definition) is 3. The lowest BCUT2D eigenvalue weighted by molar-refractivity contribution is 0.0898. The van der Waals surface area contributed by atoms with Crippen molar-refractivity contribution in [2.24, 2.45) is 0 Å². The van der Waals surface area contributed by atoms with Crippen LogP contribution in [0.1, 0.15) is 57.0 Å². The van der Waals surface area contributed by atoms with E-state index in [4.69, 9.17) is 32.9 Å². The quantitative estimate of drug-likeness (QED) is 0.420. The molecule has 0 aliphatic carbocycles. The highest BCUT2D eigenvalue weighted by Crippen LogP contribution is 2.42. The molecule has 0 saturated heterocycles. The van der Waals surface area contributed by atoms with E-state index in [0.29, 0.717) is 39.4 Å². The van der Waals surface area contributed by atoms with E-state index in [1.54, 1.807) is 24.3 Å². The molecule has 6 nitrogen and oxygen atoms in total. The van der Waals surface area contributed by atoms with Gasteiger partial charge in [0.1, 0.15) is 11.4 Å². The molecular weight excluding hydrogens is 435 g/mol. The first-order valence-electron chi connectivity index (χ1n) is 10.3. The predicted octanol–water partition coefficient (Wildman–Crippen LogP) is 6.25. The first-order valence-corrected chi connectivity index (χ1v) is 11.0. The van der Waals surface area contributed by atoms with Crippen molar-refractivity contribution in [2.45, 2.75) is 58.6 Å². The van der Waals surface area contributed by atoms with Gasteiger partial charge in [-0.15, -0.1) is 0 Å². The first kappa shape index (κ1) is 21.8. The number of nitrogens with one attached hydrogen (secondary N) is 3. The number of benzene rings is 2. The number of H-pyrrole nitrogens is 1. The fraction of sp³-hybridized carbons (Fsp3) is 0.391. The average Bonchev–Trinajstić information content (AvgIpc) is 3.22. The third kappa shape index (κ3) is 4.19. The second kappa shape index (κ2) is 7.61. The summed E-state index contributed by atoms with van der Waals surface area (Å²) in [7, 11) is 0. The highest BCUT2D eigenvalue weighted by atomic mass is 35.5. The second-order valence-corrected chi connectivity index (χ2v) is 9.98. The van der Waals surface area contributed by atoms with Crippen LogP contribution >= 0.6 is 23.2 Å². The SMILES string of the molecule is CCC(C)(C)NC(=O)c1cc2[nH]c(Nc3c(Cl)cccc3Cl)nc2c2c1OC(C)(C)C2. The van der Waals surface area contributed by atoms with Crippen molar-refractivity contribution >= 4 is 51.8 Å². The summed E-state index contributed by atoms with van der Waals surface area (Å²) in [6.07, 6.45) is 1.46. The van der Waals surface area contributed by atoms with Crippen molar-refractivity contribution in [3.63, 3.8) is 0 Å². The van der Waals surface area contributed by atoms with Gasteiger partial charge in [-0.2, -0.15) is 0 Å². The Morgan fingerprint density at radius 2 is 1.97 bits per heavy atom. The van der Waals surface area contributed by atoms with Crippen LogP contribution in [-0.2, 0) is 6.42 Å². The van der Waals surface area contributed by atoms with Crippen molar-refractivity contribution in [3.05, 3.63) is 45.4 Å². The standard InChI is InChI=1S/C23H26Cl2N4O2/c1-6-22(2,3)29-20(30)12-10-16-17(13-11-23(4,5)31-19(12)13)27-21(26-16)28-18-14(24)8-7-9-15(18)25/h7-10H,6,11H2,1-5H3,(H,29,30)(H2,26,27,28). The molecule has 0 saturated carbocycles. The summed E-state index contributed by atoms with van der Waals surface area (Å²) in [5.74, 6) is 0.917. The van der Waals surface area contributed by atoms with E-state index in [2.05, 4.69) is 15.6 Å². The number of nitrogens with zero attached hydrogens (tertiary/aromatic N) is 1. The maximum Gasteiger partial charge on any atom is 0.255 e. The number of carbonyl (C=O) groups is 1. The summed E-state index contributed by atoms with van der Waals surface area (Å²) < 4.78 is 6.19. The number of para-hydroxylation sites is 1. The third-order valence-electron chi connectivity index (χ3n) is 5.59. The molecule has 0 radical (unpaired) electrons. The summed E-state index contributed by atoms with van der Waals surface area (Å²) in [5.41, 5.74) is 2.74. The van der Waals surface area contributed by atoms with Crippen LogP contribution in [0.15, 0.2) is 24.3 Å². The van der Waals surface area contributed by atoms with Crippen molar-refractivity contribution < 1.29 is 9.53 Å². The van der Waals surface area contributed by atoms with Crippen LogP contribution in [0.4, 0.5) is 11.6 Å². The van der Waals surface area contributed by atoms with Gasteiger partial charge in [-0.05, 0) is 52.3 Å².